The number of morpholine rings is 1. The lowest BCUT2D eigenvalue weighted by Gasteiger charge is -2.43. The van der Waals surface area contributed by atoms with Crippen LogP contribution in [0.5, 0.6) is 0 Å². The number of rotatable bonds is 7. The van der Waals surface area contributed by atoms with Gasteiger partial charge in [0.1, 0.15) is 17.3 Å². The molecule has 4 heterocycles. The van der Waals surface area contributed by atoms with E-state index in [1.165, 1.54) is 10.4 Å². The third-order valence-corrected chi connectivity index (χ3v) is 11.0. The van der Waals surface area contributed by atoms with E-state index < -0.39 is 27.3 Å². The van der Waals surface area contributed by atoms with Crippen molar-refractivity contribution in [2.24, 2.45) is 4.99 Å². The Morgan fingerprint density at radius 2 is 1.98 bits per heavy atom. The van der Waals surface area contributed by atoms with Crippen LogP contribution in [0.2, 0.25) is 0 Å². The molecule has 0 spiro atoms. The summed E-state index contributed by atoms with van der Waals surface area (Å²) in [6, 6.07) is 3.71. The van der Waals surface area contributed by atoms with Gasteiger partial charge in [-0.15, -0.1) is 0 Å². The van der Waals surface area contributed by atoms with Crippen LogP contribution in [0.1, 0.15) is 19.4 Å². The van der Waals surface area contributed by atoms with E-state index in [1.807, 2.05) is 6.26 Å². The summed E-state index contributed by atoms with van der Waals surface area (Å²) in [6.45, 7) is 11.0. The molecule has 1 amide bonds. The molecular formula is C27H36FN5O6S2. The van der Waals surface area contributed by atoms with Gasteiger partial charge < -0.3 is 24.8 Å². The molecule has 1 aromatic carbocycles. The number of hydrogen-bond acceptors (Lipinski definition) is 10. The Bertz CT molecular complexity index is 1390. The molecule has 1 aromatic rings. The molecule has 4 aliphatic heterocycles. The Balaban J connectivity index is 1.31. The van der Waals surface area contributed by atoms with Gasteiger partial charge in [0.05, 0.1) is 30.4 Å². The van der Waals surface area contributed by atoms with Crippen LogP contribution in [-0.2, 0) is 30.8 Å². The van der Waals surface area contributed by atoms with Gasteiger partial charge in [-0.2, -0.15) is 16.1 Å². The van der Waals surface area contributed by atoms with Crippen LogP contribution >= 0.6 is 11.8 Å². The average molecular weight is 610 g/mol. The van der Waals surface area contributed by atoms with E-state index in [-0.39, 0.29) is 53.3 Å². The van der Waals surface area contributed by atoms with Gasteiger partial charge in [-0.25, -0.2) is 17.8 Å². The van der Waals surface area contributed by atoms with E-state index in [4.69, 9.17) is 9.47 Å². The first kappa shape index (κ1) is 30.0. The van der Waals surface area contributed by atoms with Gasteiger partial charge in [0.25, 0.3) is 5.91 Å². The quantitative estimate of drug-likeness (QED) is 0.475. The van der Waals surface area contributed by atoms with Crippen LogP contribution in [0.15, 0.2) is 51.8 Å². The second-order valence-corrected chi connectivity index (χ2v) is 13.8. The van der Waals surface area contributed by atoms with Crippen LogP contribution in [0.4, 0.5) is 4.39 Å². The molecule has 0 saturated carbocycles. The number of carbonyl (C=O) groups excluding carboxylic acids is 1. The summed E-state index contributed by atoms with van der Waals surface area (Å²) in [5.74, 6) is -1.35. The Morgan fingerprint density at radius 3 is 2.68 bits per heavy atom. The Hall–Kier alpha value is -2.49. The standard InChI is InChI=1S/C27H36FN5O6S2/c1-17-24(34)23(30-26-27(2,3)39-12-11-33(17)26)25(35)29-14-18-5-6-19(28)13-22(18)41(36,37)32-9-7-31(8-10-32)20-15-38-16-21(20)40-4/h5-6,13,20-21,34H,1,7-12,14-16H2,2-4H3,(H,29,35)/t20-,21-/m1/s1. The zero-order chi connectivity index (χ0) is 29.5. The maximum atomic E-state index is 14.3. The van der Waals surface area contributed by atoms with Gasteiger partial charge in [0.15, 0.2) is 11.5 Å². The van der Waals surface area contributed by atoms with Crippen LogP contribution in [0, 0.1) is 5.82 Å². The molecule has 0 unspecified atom stereocenters. The van der Waals surface area contributed by atoms with Crippen molar-refractivity contribution in [3.63, 3.8) is 0 Å². The zero-order valence-electron chi connectivity index (χ0n) is 23.4. The van der Waals surface area contributed by atoms with Crippen LogP contribution in [0.25, 0.3) is 0 Å². The number of carbonyl (C=O) groups is 1. The minimum atomic E-state index is -4.05. The largest absolute Gasteiger partial charge is 0.504 e. The normalized spacial score (nSPS) is 25.7. The van der Waals surface area contributed by atoms with Crippen molar-refractivity contribution < 1.29 is 32.2 Å². The number of halogens is 1. The fraction of sp³-hybridized carbons (Fsp3) is 0.556. The number of thioether (sulfide) groups is 1. The van der Waals surface area contributed by atoms with Crippen LogP contribution < -0.4 is 5.32 Å². The number of aliphatic imine (C=N–C) groups is 1. The molecule has 2 atom stereocenters. The second-order valence-electron chi connectivity index (χ2n) is 10.8. The molecule has 2 N–H and O–H groups in total. The predicted molar refractivity (Wildman–Crippen MR) is 153 cm³/mol. The fourth-order valence-electron chi connectivity index (χ4n) is 5.60. The number of benzene rings is 1. The number of aliphatic hydroxyl groups is 1. The van der Waals surface area contributed by atoms with Gasteiger partial charge in [-0.05, 0) is 37.8 Å². The number of hydrogen-bond donors (Lipinski definition) is 2. The molecule has 14 heteroatoms. The monoisotopic (exact) mass is 609 g/mol. The summed E-state index contributed by atoms with van der Waals surface area (Å²) < 4.78 is 54.5. The lowest BCUT2D eigenvalue weighted by molar-refractivity contribution is -0.118. The highest BCUT2D eigenvalue weighted by Crippen LogP contribution is 2.32. The number of amides is 1. The van der Waals surface area contributed by atoms with E-state index in [2.05, 4.69) is 21.8 Å². The Morgan fingerprint density at radius 1 is 1.24 bits per heavy atom. The topological polar surface area (TPSA) is 124 Å². The summed E-state index contributed by atoms with van der Waals surface area (Å²) in [6.07, 6.45) is 2.05. The molecule has 5 rings (SSSR count). The lowest BCUT2D eigenvalue weighted by Crippen LogP contribution is -2.54. The lowest BCUT2D eigenvalue weighted by atomic mass is 10.0. The van der Waals surface area contributed by atoms with Crippen molar-refractivity contribution in [1.29, 1.82) is 0 Å². The van der Waals surface area contributed by atoms with Gasteiger partial charge in [-0.1, -0.05) is 12.6 Å². The van der Waals surface area contributed by atoms with E-state index in [9.17, 15) is 22.7 Å². The number of sulfonamides is 1. The van der Waals surface area contributed by atoms with Gasteiger partial charge in [0.2, 0.25) is 10.0 Å². The molecule has 11 nitrogen and oxygen atoms in total. The van der Waals surface area contributed by atoms with E-state index in [1.54, 1.807) is 30.5 Å². The van der Waals surface area contributed by atoms with Crippen molar-refractivity contribution >= 4 is 33.5 Å². The summed E-state index contributed by atoms with van der Waals surface area (Å²) in [7, 11) is -4.05. The third kappa shape index (κ3) is 5.77. The highest BCUT2D eigenvalue weighted by molar-refractivity contribution is 7.99. The zero-order valence-corrected chi connectivity index (χ0v) is 25.1. The van der Waals surface area contributed by atoms with E-state index in [0.29, 0.717) is 50.5 Å². The molecule has 0 bridgehead atoms. The number of ether oxygens (including phenoxy) is 2. The minimum Gasteiger partial charge on any atom is -0.504 e. The van der Waals surface area contributed by atoms with Crippen molar-refractivity contribution in [3.05, 3.63) is 53.3 Å². The highest BCUT2D eigenvalue weighted by Gasteiger charge is 2.41. The maximum absolute atomic E-state index is 14.3. The predicted octanol–water partition coefficient (Wildman–Crippen LogP) is 1.68. The van der Waals surface area contributed by atoms with Gasteiger partial charge in [0, 0.05) is 50.6 Å². The molecule has 0 aromatic heterocycles. The van der Waals surface area contributed by atoms with Crippen molar-refractivity contribution in [1.82, 2.24) is 19.4 Å². The number of aliphatic hydroxyl groups excluding tert-OH is 1. The average Bonchev–Trinajstić information content (AvgIpc) is 3.43. The third-order valence-electron chi connectivity index (χ3n) is 7.96. The highest BCUT2D eigenvalue weighted by atomic mass is 32.2. The summed E-state index contributed by atoms with van der Waals surface area (Å²) in [4.78, 5) is 21.3. The number of nitrogens with zero attached hydrogens (tertiary/aromatic N) is 4. The van der Waals surface area contributed by atoms with Crippen molar-refractivity contribution in [2.75, 3.05) is 58.8 Å². The van der Waals surface area contributed by atoms with E-state index >= 15 is 0 Å². The van der Waals surface area contributed by atoms with Crippen molar-refractivity contribution in [2.45, 2.75) is 42.2 Å². The van der Waals surface area contributed by atoms with Crippen molar-refractivity contribution in [3.8, 4) is 0 Å². The number of fused-ring (bicyclic) bond motifs is 1. The Kier molecular flexibility index (Phi) is 8.52. The van der Waals surface area contributed by atoms with Gasteiger partial charge in [-0.3, -0.25) is 9.69 Å². The van der Waals surface area contributed by atoms with Crippen LogP contribution in [0.3, 0.4) is 0 Å². The number of amidine groups is 1. The van der Waals surface area contributed by atoms with Gasteiger partial charge >= 0.3 is 0 Å². The summed E-state index contributed by atoms with van der Waals surface area (Å²) in [5.41, 5.74) is -0.605. The summed E-state index contributed by atoms with van der Waals surface area (Å²) in [5, 5.41) is 13.7. The first-order valence-corrected chi connectivity index (χ1v) is 16.2. The fourth-order valence-corrected chi connectivity index (χ4v) is 8.06. The minimum absolute atomic E-state index is 0.206. The smallest absolute Gasteiger partial charge is 0.274 e. The molecule has 224 valence electrons. The molecule has 0 aliphatic carbocycles. The molecule has 41 heavy (non-hydrogen) atoms. The summed E-state index contributed by atoms with van der Waals surface area (Å²) >= 11 is 1.75. The number of nitrogens with one attached hydrogen (secondary N) is 1. The SMILES string of the molecule is C=C1C(O)=C(C(=O)NCc2ccc(F)cc2S(=O)(=O)N2CCN([C@@H]3COC[C@H]3SC)CC2)N=C2N1CCOC2(C)C. The molecule has 3 fully saturated rings. The van der Waals surface area contributed by atoms with E-state index in [0.717, 1.165) is 12.1 Å². The van der Waals surface area contributed by atoms with Crippen LogP contribution in [-0.4, -0.2) is 115 Å². The second kappa shape index (κ2) is 11.7. The molecule has 3 saturated heterocycles. The molecule has 0 radical (unpaired) electrons. The Labute approximate surface area is 244 Å². The first-order valence-electron chi connectivity index (χ1n) is 13.5. The molecule has 4 aliphatic rings. The first-order chi connectivity index (χ1) is 19.4. The maximum Gasteiger partial charge on any atom is 0.274 e. The molecular weight excluding hydrogens is 573 g/mol. The number of piperazine rings is 1.